The third-order valence-corrected chi connectivity index (χ3v) is 6.97. The van der Waals surface area contributed by atoms with Crippen LogP contribution in [0.25, 0.3) is 22.0 Å². The third-order valence-electron chi connectivity index (χ3n) is 6.72. The second-order valence-electron chi connectivity index (χ2n) is 10.4. The summed E-state index contributed by atoms with van der Waals surface area (Å²) in [5.74, 6) is -0.881. The highest BCUT2D eigenvalue weighted by atomic mass is 35.5. The van der Waals surface area contributed by atoms with E-state index < -0.39 is 23.5 Å². The van der Waals surface area contributed by atoms with Crippen LogP contribution in [0.4, 0.5) is 15.9 Å². The molecule has 2 aromatic carbocycles. The van der Waals surface area contributed by atoms with Crippen LogP contribution in [0.2, 0.25) is 5.02 Å². The molecule has 8 heteroatoms. The lowest BCUT2D eigenvalue weighted by molar-refractivity contribution is -0.160. The van der Waals surface area contributed by atoms with Gasteiger partial charge >= 0.3 is 5.97 Å². The summed E-state index contributed by atoms with van der Waals surface area (Å²) in [4.78, 5) is 19.2. The number of benzene rings is 2. The monoisotopic (exact) mass is 521 g/mol. The number of aromatic nitrogens is 2. The predicted octanol–water partition coefficient (Wildman–Crippen LogP) is 7.21. The van der Waals surface area contributed by atoms with Gasteiger partial charge < -0.3 is 19.3 Å². The van der Waals surface area contributed by atoms with E-state index in [1.165, 1.54) is 12.3 Å². The number of halogens is 2. The molecule has 4 aromatic rings. The molecule has 1 N–H and O–H groups in total. The van der Waals surface area contributed by atoms with Crippen molar-refractivity contribution in [2.75, 3.05) is 11.4 Å². The van der Waals surface area contributed by atoms with Gasteiger partial charge in [-0.2, -0.15) is 0 Å². The van der Waals surface area contributed by atoms with E-state index in [0.717, 1.165) is 39.0 Å². The van der Waals surface area contributed by atoms with Crippen LogP contribution in [0.15, 0.2) is 48.7 Å². The Hall–Kier alpha value is -3.42. The molecule has 0 saturated heterocycles. The van der Waals surface area contributed by atoms with Crippen LogP contribution < -0.4 is 4.90 Å². The quantitative estimate of drug-likeness (QED) is 0.300. The fourth-order valence-electron chi connectivity index (χ4n) is 5.29. The Morgan fingerprint density at radius 3 is 2.43 bits per heavy atom. The van der Waals surface area contributed by atoms with Crippen molar-refractivity contribution in [2.24, 2.45) is 0 Å². The minimum Gasteiger partial charge on any atom is -0.479 e. The van der Waals surface area contributed by atoms with Crippen LogP contribution >= 0.6 is 11.6 Å². The Balaban J connectivity index is 1.90. The lowest BCUT2D eigenvalue weighted by Gasteiger charge is -2.35. The molecule has 6 nitrogen and oxygen atoms in total. The summed E-state index contributed by atoms with van der Waals surface area (Å²) in [6.45, 7) is 10.8. The van der Waals surface area contributed by atoms with Gasteiger partial charge in [-0.25, -0.2) is 14.2 Å². The minimum atomic E-state index is -1.22. The number of carboxylic acids is 1. The molecule has 1 aliphatic heterocycles. The number of aryl methyl sites for hydroxylation is 1. The molecular weight excluding hydrogens is 493 g/mol. The summed E-state index contributed by atoms with van der Waals surface area (Å²) in [7, 11) is 0. The first-order valence-corrected chi connectivity index (χ1v) is 12.6. The largest absolute Gasteiger partial charge is 0.479 e. The lowest BCUT2D eigenvalue weighted by atomic mass is 9.87. The van der Waals surface area contributed by atoms with Gasteiger partial charge in [0.1, 0.15) is 11.6 Å². The topological polar surface area (TPSA) is 67.6 Å². The van der Waals surface area contributed by atoms with E-state index in [4.69, 9.17) is 16.3 Å². The van der Waals surface area contributed by atoms with E-state index in [-0.39, 0.29) is 0 Å². The molecule has 1 atom stereocenters. The number of nitrogens with zero attached hydrogens (tertiary/aromatic N) is 3. The van der Waals surface area contributed by atoms with Gasteiger partial charge in [0.05, 0.1) is 23.0 Å². The Bertz CT molecular complexity index is 1510. The van der Waals surface area contributed by atoms with Crippen molar-refractivity contribution in [1.82, 2.24) is 9.55 Å². The minimum absolute atomic E-state index is 0.412. The summed E-state index contributed by atoms with van der Waals surface area (Å²) >= 11 is 6.21. The fraction of sp³-hybridized carbons (Fsp3) is 0.310. The third kappa shape index (κ3) is 4.47. The average molecular weight is 522 g/mol. The molecular formula is C29H29ClFN3O3. The second kappa shape index (κ2) is 9.15. The van der Waals surface area contributed by atoms with Gasteiger partial charge in [-0.15, -0.1) is 0 Å². The van der Waals surface area contributed by atoms with E-state index in [9.17, 15) is 14.3 Å². The molecule has 0 unspecified atom stereocenters. The Labute approximate surface area is 220 Å². The SMILES string of the molecule is Cc1c([C@H](OC(C)(C)C)C(=O)O)c(-c2ccc(Cl)cc2)c2cc(C)n3c2c1N(c1ccc(F)cn1)CC3. The van der Waals surface area contributed by atoms with Crippen molar-refractivity contribution in [3.05, 3.63) is 76.3 Å². The molecule has 5 rings (SSSR count). The maximum Gasteiger partial charge on any atom is 0.337 e. The van der Waals surface area contributed by atoms with Gasteiger partial charge in [-0.1, -0.05) is 23.7 Å². The van der Waals surface area contributed by atoms with Crippen molar-refractivity contribution in [1.29, 1.82) is 0 Å². The molecule has 0 bridgehead atoms. The molecule has 0 radical (unpaired) electrons. The smallest absolute Gasteiger partial charge is 0.337 e. The number of hydrogen-bond acceptors (Lipinski definition) is 4. The van der Waals surface area contributed by atoms with Crippen molar-refractivity contribution >= 4 is 40.0 Å². The summed E-state index contributed by atoms with van der Waals surface area (Å²) in [6.07, 6.45) is -0.0214. The summed E-state index contributed by atoms with van der Waals surface area (Å²) in [5.41, 5.74) is 5.22. The van der Waals surface area contributed by atoms with Crippen LogP contribution in [-0.4, -0.2) is 32.8 Å². The number of pyridine rings is 1. The van der Waals surface area contributed by atoms with Crippen LogP contribution in [0.3, 0.4) is 0 Å². The Morgan fingerprint density at radius 1 is 1.14 bits per heavy atom. The van der Waals surface area contributed by atoms with Crippen molar-refractivity contribution in [2.45, 2.75) is 52.9 Å². The van der Waals surface area contributed by atoms with Crippen LogP contribution in [0.1, 0.15) is 43.7 Å². The second-order valence-corrected chi connectivity index (χ2v) is 10.8. The molecule has 0 amide bonds. The number of rotatable bonds is 5. The molecule has 3 heterocycles. The molecule has 0 saturated carbocycles. The maximum atomic E-state index is 13.7. The van der Waals surface area contributed by atoms with Gasteiger partial charge in [-0.05, 0) is 81.6 Å². The van der Waals surface area contributed by atoms with E-state index >= 15 is 0 Å². The average Bonchev–Trinajstić information content (AvgIpc) is 3.17. The first-order chi connectivity index (χ1) is 17.5. The first kappa shape index (κ1) is 25.2. The Kier molecular flexibility index (Phi) is 6.24. The van der Waals surface area contributed by atoms with Gasteiger partial charge in [0.25, 0.3) is 0 Å². The van der Waals surface area contributed by atoms with Gasteiger partial charge in [0.15, 0.2) is 6.10 Å². The van der Waals surface area contributed by atoms with Gasteiger partial charge in [0.2, 0.25) is 0 Å². The molecule has 2 aromatic heterocycles. The predicted molar refractivity (Wildman–Crippen MR) is 144 cm³/mol. The van der Waals surface area contributed by atoms with Crippen LogP contribution in [-0.2, 0) is 16.1 Å². The highest BCUT2D eigenvalue weighted by Gasteiger charge is 2.36. The molecule has 37 heavy (non-hydrogen) atoms. The van der Waals surface area contributed by atoms with Gasteiger partial charge in [0, 0.05) is 34.8 Å². The zero-order valence-electron chi connectivity index (χ0n) is 21.5. The van der Waals surface area contributed by atoms with Crippen molar-refractivity contribution < 1.29 is 19.0 Å². The van der Waals surface area contributed by atoms with E-state index in [1.54, 1.807) is 18.2 Å². The molecule has 192 valence electrons. The number of carboxylic acid groups (broad SMARTS) is 1. The number of carbonyl (C=O) groups is 1. The number of anilines is 2. The summed E-state index contributed by atoms with van der Waals surface area (Å²) in [5, 5.41) is 12.0. The van der Waals surface area contributed by atoms with E-state index in [1.807, 2.05) is 44.7 Å². The molecule has 1 aliphatic rings. The van der Waals surface area contributed by atoms with Gasteiger partial charge in [-0.3, -0.25) is 0 Å². The molecule has 0 aliphatic carbocycles. The van der Waals surface area contributed by atoms with E-state index in [2.05, 4.69) is 22.5 Å². The number of aliphatic carboxylic acids is 1. The normalized spacial score (nSPS) is 14.3. The Morgan fingerprint density at radius 2 is 1.84 bits per heavy atom. The highest BCUT2D eigenvalue weighted by molar-refractivity contribution is 6.30. The number of hydrogen-bond donors (Lipinski definition) is 1. The zero-order chi connectivity index (χ0) is 26.6. The standard InChI is InChI=1S/C29H29ClFN3O3/c1-16-14-21-24(18-6-8-19(30)9-7-18)23(27(28(35)36)37-29(3,4)5)17(2)25-26(21)33(16)12-13-34(25)22-11-10-20(31)15-32-22/h6-11,14-15,27H,12-13H2,1-5H3,(H,35,36)/t27-/m0/s1. The molecule has 0 fully saturated rings. The van der Waals surface area contributed by atoms with Crippen LogP contribution in [0, 0.1) is 19.7 Å². The lowest BCUT2D eigenvalue weighted by Crippen LogP contribution is -2.31. The van der Waals surface area contributed by atoms with Crippen LogP contribution in [0.5, 0.6) is 0 Å². The maximum absolute atomic E-state index is 13.7. The van der Waals surface area contributed by atoms with Crippen molar-refractivity contribution in [3.63, 3.8) is 0 Å². The fourth-order valence-corrected chi connectivity index (χ4v) is 5.42. The highest BCUT2D eigenvalue weighted by Crippen LogP contribution is 2.49. The summed E-state index contributed by atoms with van der Waals surface area (Å²) in [6, 6.07) is 12.6. The molecule has 0 spiro atoms. The zero-order valence-corrected chi connectivity index (χ0v) is 22.2. The van der Waals surface area contributed by atoms with Crippen molar-refractivity contribution in [3.8, 4) is 11.1 Å². The number of ether oxygens (including phenoxy) is 1. The summed E-state index contributed by atoms with van der Waals surface area (Å²) < 4.78 is 22.2. The van der Waals surface area contributed by atoms with E-state index in [0.29, 0.717) is 29.5 Å². The first-order valence-electron chi connectivity index (χ1n) is 12.2.